The van der Waals surface area contributed by atoms with Crippen LogP contribution in [0.4, 0.5) is 8.78 Å². The first-order chi connectivity index (χ1) is 6.61. The lowest BCUT2D eigenvalue weighted by atomic mass is 10.0. The number of thioether (sulfide) groups is 1. The first kappa shape index (κ1) is 11.5. The first-order valence-electron chi connectivity index (χ1n) is 4.33. The second-order valence-electron chi connectivity index (χ2n) is 3.12. The Labute approximate surface area is 86.7 Å². The number of hydrogen-bond acceptors (Lipinski definition) is 2. The van der Waals surface area contributed by atoms with Crippen molar-refractivity contribution in [1.82, 2.24) is 0 Å². The smallest absolute Gasteiger partial charge is 0.172 e. The Bertz CT molecular complexity index is 328. The van der Waals surface area contributed by atoms with Crippen molar-refractivity contribution in [3.05, 3.63) is 29.3 Å². The Morgan fingerprint density at radius 3 is 2.50 bits per heavy atom. The molecule has 78 valence electrons. The van der Waals surface area contributed by atoms with Crippen LogP contribution in [-0.4, -0.2) is 12.8 Å². The van der Waals surface area contributed by atoms with E-state index in [9.17, 15) is 8.78 Å². The van der Waals surface area contributed by atoms with Gasteiger partial charge < -0.3 is 5.73 Å². The minimum atomic E-state index is -0.769. The molecular formula is C10H13F2NS. The predicted molar refractivity (Wildman–Crippen MR) is 55.6 cm³/mol. The molecule has 1 aromatic carbocycles. The van der Waals surface area contributed by atoms with E-state index in [4.69, 9.17) is 5.73 Å². The summed E-state index contributed by atoms with van der Waals surface area (Å²) in [6.07, 6.45) is 1.71. The summed E-state index contributed by atoms with van der Waals surface area (Å²) < 4.78 is 26.8. The lowest BCUT2D eigenvalue weighted by molar-refractivity contribution is 0.476. The van der Waals surface area contributed by atoms with E-state index in [0.717, 1.165) is 0 Å². The van der Waals surface area contributed by atoms with Gasteiger partial charge in [0.2, 0.25) is 0 Å². The third-order valence-electron chi connectivity index (χ3n) is 2.18. The Hall–Kier alpha value is -0.610. The van der Waals surface area contributed by atoms with E-state index in [1.807, 2.05) is 0 Å². The highest BCUT2D eigenvalue weighted by Gasteiger charge is 2.16. The molecule has 1 atom stereocenters. The van der Waals surface area contributed by atoms with E-state index in [1.54, 1.807) is 25.3 Å². The lowest BCUT2D eigenvalue weighted by Crippen LogP contribution is -2.11. The maximum Gasteiger partial charge on any atom is 0.172 e. The Morgan fingerprint density at radius 2 is 2.00 bits per heavy atom. The van der Waals surface area contributed by atoms with Gasteiger partial charge in [0.25, 0.3) is 0 Å². The van der Waals surface area contributed by atoms with E-state index in [2.05, 4.69) is 0 Å². The molecule has 0 aliphatic heterocycles. The van der Waals surface area contributed by atoms with Crippen LogP contribution in [0.1, 0.15) is 18.4 Å². The molecule has 0 heterocycles. The van der Waals surface area contributed by atoms with Gasteiger partial charge in [-0.2, -0.15) is 0 Å². The van der Waals surface area contributed by atoms with Gasteiger partial charge in [-0.1, -0.05) is 13.0 Å². The highest BCUT2D eigenvalue weighted by Crippen LogP contribution is 2.27. The second-order valence-corrected chi connectivity index (χ2v) is 3.97. The molecule has 0 fully saturated rings. The summed E-state index contributed by atoms with van der Waals surface area (Å²) in [7, 11) is 0. The third-order valence-corrected chi connectivity index (χ3v) is 2.94. The molecule has 0 spiro atoms. The molecule has 0 amide bonds. The number of halogens is 2. The van der Waals surface area contributed by atoms with Crippen LogP contribution in [0, 0.1) is 11.6 Å². The minimum Gasteiger partial charge on any atom is -0.330 e. The van der Waals surface area contributed by atoms with E-state index in [-0.39, 0.29) is 5.92 Å². The van der Waals surface area contributed by atoms with E-state index < -0.39 is 11.6 Å². The van der Waals surface area contributed by atoms with Gasteiger partial charge in [-0.15, -0.1) is 11.8 Å². The standard InChI is InChI=1S/C10H13F2NS/c1-6(5-13)7-3-4-8(14-2)10(12)9(7)11/h3-4,6H,5,13H2,1-2H3. The lowest BCUT2D eigenvalue weighted by Gasteiger charge is -2.11. The van der Waals surface area contributed by atoms with E-state index in [0.29, 0.717) is 17.0 Å². The molecule has 1 rings (SSSR count). The van der Waals surface area contributed by atoms with Crippen molar-refractivity contribution in [2.24, 2.45) is 5.73 Å². The van der Waals surface area contributed by atoms with Gasteiger partial charge in [0.05, 0.1) is 0 Å². The molecule has 0 aromatic heterocycles. The van der Waals surface area contributed by atoms with Crippen molar-refractivity contribution < 1.29 is 8.78 Å². The summed E-state index contributed by atoms with van der Waals surface area (Å²) >= 11 is 1.19. The van der Waals surface area contributed by atoms with E-state index in [1.165, 1.54) is 11.8 Å². The van der Waals surface area contributed by atoms with E-state index >= 15 is 0 Å². The predicted octanol–water partition coefficient (Wildman–Crippen LogP) is 2.75. The minimum absolute atomic E-state index is 0.152. The fourth-order valence-electron chi connectivity index (χ4n) is 1.21. The van der Waals surface area contributed by atoms with Crippen LogP contribution < -0.4 is 5.73 Å². The zero-order chi connectivity index (χ0) is 10.7. The number of hydrogen-bond donors (Lipinski definition) is 1. The third kappa shape index (κ3) is 2.07. The van der Waals surface area contributed by atoms with Crippen LogP contribution in [0.25, 0.3) is 0 Å². The average molecular weight is 217 g/mol. The summed E-state index contributed by atoms with van der Waals surface area (Å²) in [5.74, 6) is -1.69. The van der Waals surface area contributed by atoms with Crippen LogP contribution in [-0.2, 0) is 0 Å². The zero-order valence-corrected chi connectivity index (χ0v) is 9.00. The van der Waals surface area contributed by atoms with Crippen LogP contribution in [0.5, 0.6) is 0 Å². The van der Waals surface area contributed by atoms with Crippen molar-refractivity contribution >= 4 is 11.8 Å². The topological polar surface area (TPSA) is 26.0 Å². The summed E-state index contributed by atoms with van der Waals surface area (Å²) in [6, 6.07) is 3.19. The summed E-state index contributed by atoms with van der Waals surface area (Å²) in [5.41, 5.74) is 5.75. The average Bonchev–Trinajstić information content (AvgIpc) is 2.21. The van der Waals surface area contributed by atoms with Crippen molar-refractivity contribution in [2.45, 2.75) is 17.7 Å². The Kier molecular flexibility index (Phi) is 3.89. The van der Waals surface area contributed by atoms with Crippen molar-refractivity contribution in [2.75, 3.05) is 12.8 Å². The molecule has 0 saturated carbocycles. The van der Waals surface area contributed by atoms with Gasteiger partial charge in [-0.25, -0.2) is 8.78 Å². The maximum absolute atomic E-state index is 13.4. The molecule has 0 bridgehead atoms. The molecule has 1 unspecified atom stereocenters. The van der Waals surface area contributed by atoms with Crippen LogP contribution in [0.2, 0.25) is 0 Å². The second kappa shape index (κ2) is 4.75. The molecule has 2 N–H and O–H groups in total. The summed E-state index contributed by atoms with van der Waals surface area (Å²) in [5, 5.41) is 0. The van der Waals surface area contributed by atoms with Crippen LogP contribution >= 0.6 is 11.8 Å². The first-order valence-corrected chi connectivity index (χ1v) is 5.56. The van der Waals surface area contributed by atoms with Crippen LogP contribution in [0.15, 0.2) is 17.0 Å². The van der Waals surface area contributed by atoms with Crippen molar-refractivity contribution in [3.63, 3.8) is 0 Å². The van der Waals surface area contributed by atoms with Gasteiger partial charge in [0.1, 0.15) is 0 Å². The molecule has 0 aliphatic rings. The number of benzene rings is 1. The highest BCUT2D eigenvalue weighted by atomic mass is 32.2. The maximum atomic E-state index is 13.4. The van der Waals surface area contributed by atoms with Crippen molar-refractivity contribution in [3.8, 4) is 0 Å². The normalized spacial score (nSPS) is 12.9. The fraction of sp³-hybridized carbons (Fsp3) is 0.400. The molecule has 4 heteroatoms. The quantitative estimate of drug-likeness (QED) is 0.788. The van der Waals surface area contributed by atoms with Gasteiger partial charge >= 0.3 is 0 Å². The molecule has 14 heavy (non-hydrogen) atoms. The largest absolute Gasteiger partial charge is 0.330 e. The molecule has 1 nitrogen and oxygen atoms in total. The molecule has 0 radical (unpaired) electrons. The monoisotopic (exact) mass is 217 g/mol. The number of nitrogens with two attached hydrogens (primary N) is 1. The zero-order valence-electron chi connectivity index (χ0n) is 8.18. The molecular weight excluding hydrogens is 204 g/mol. The Balaban J connectivity index is 3.17. The molecule has 0 aliphatic carbocycles. The van der Waals surface area contributed by atoms with Gasteiger partial charge in [-0.3, -0.25) is 0 Å². The Morgan fingerprint density at radius 1 is 1.36 bits per heavy atom. The molecule has 1 aromatic rings. The van der Waals surface area contributed by atoms with Crippen LogP contribution in [0.3, 0.4) is 0 Å². The number of rotatable bonds is 3. The van der Waals surface area contributed by atoms with Gasteiger partial charge in [0, 0.05) is 4.90 Å². The van der Waals surface area contributed by atoms with Crippen molar-refractivity contribution in [1.29, 1.82) is 0 Å². The van der Waals surface area contributed by atoms with Gasteiger partial charge in [0.15, 0.2) is 11.6 Å². The summed E-state index contributed by atoms with van der Waals surface area (Å²) in [6.45, 7) is 2.09. The summed E-state index contributed by atoms with van der Waals surface area (Å²) in [4.78, 5) is 0.329. The fourth-order valence-corrected chi connectivity index (χ4v) is 1.68. The SMILES string of the molecule is CSc1ccc(C(C)CN)c(F)c1F. The highest BCUT2D eigenvalue weighted by molar-refractivity contribution is 7.98. The molecule has 0 saturated heterocycles. The van der Waals surface area contributed by atoms with Gasteiger partial charge in [-0.05, 0) is 30.3 Å².